The first-order valence-corrected chi connectivity index (χ1v) is 11.9. The summed E-state index contributed by atoms with van der Waals surface area (Å²) in [6.45, 7) is 5.24. The smallest absolute Gasteiger partial charge is 0.242 e. The molecule has 2 rings (SSSR count). The standard InChI is InChI=1S/C25H32Cl2N2O3/c1-3-5-15-28-25(31)23(4-2)29(18-19-13-14-20(26)17-22(19)27)24(30)12-9-16-32-21-10-7-6-8-11-21/h6-8,10-11,13-14,17,23H,3-5,9,12,15-16,18H2,1-2H3,(H,28,31)/t23-/m0/s1. The highest BCUT2D eigenvalue weighted by molar-refractivity contribution is 6.35. The minimum atomic E-state index is -0.568. The Morgan fingerprint density at radius 3 is 2.47 bits per heavy atom. The van der Waals surface area contributed by atoms with Gasteiger partial charge in [0, 0.05) is 29.6 Å². The Hall–Kier alpha value is -2.24. The van der Waals surface area contributed by atoms with E-state index in [1.54, 1.807) is 23.1 Å². The average Bonchev–Trinajstić information content (AvgIpc) is 2.78. The molecule has 0 aliphatic rings. The van der Waals surface area contributed by atoms with Gasteiger partial charge < -0.3 is 15.0 Å². The zero-order chi connectivity index (χ0) is 23.3. The second-order valence-electron chi connectivity index (χ2n) is 7.59. The van der Waals surface area contributed by atoms with Crippen LogP contribution in [-0.2, 0) is 16.1 Å². The van der Waals surface area contributed by atoms with Gasteiger partial charge in [0.15, 0.2) is 0 Å². The largest absolute Gasteiger partial charge is 0.494 e. The fourth-order valence-electron chi connectivity index (χ4n) is 3.33. The Bertz CT molecular complexity index is 862. The van der Waals surface area contributed by atoms with Gasteiger partial charge in [0.05, 0.1) is 6.61 Å². The van der Waals surface area contributed by atoms with Crippen molar-refractivity contribution in [1.29, 1.82) is 0 Å². The number of para-hydroxylation sites is 1. The minimum Gasteiger partial charge on any atom is -0.494 e. The molecule has 174 valence electrons. The number of hydrogen-bond donors (Lipinski definition) is 1. The summed E-state index contributed by atoms with van der Waals surface area (Å²) in [6, 6.07) is 14.1. The van der Waals surface area contributed by atoms with Crippen molar-refractivity contribution in [2.75, 3.05) is 13.2 Å². The Balaban J connectivity index is 2.08. The maximum absolute atomic E-state index is 13.2. The molecule has 1 N–H and O–H groups in total. The number of rotatable bonds is 13. The summed E-state index contributed by atoms with van der Waals surface area (Å²) in [5, 5.41) is 3.96. The number of nitrogens with one attached hydrogen (secondary N) is 1. The van der Waals surface area contributed by atoms with Gasteiger partial charge >= 0.3 is 0 Å². The first kappa shape index (κ1) is 26.0. The molecule has 0 unspecified atom stereocenters. The van der Waals surface area contributed by atoms with Gasteiger partial charge in [0.25, 0.3) is 0 Å². The van der Waals surface area contributed by atoms with Crippen LogP contribution in [0.2, 0.25) is 10.0 Å². The normalized spacial score (nSPS) is 11.6. The van der Waals surface area contributed by atoms with Gasteiger partial charge in [-0.05, 0) is 49.1 Å². The number of carbonyl (C=O) groups is 2. The maximum atomic E-state index is 13.2. The lowest BCUT2D eigenvalue weighted by molar-refractivity contribution is -0.141. The summed E-state index contributed by atoms with van der Waals surface area (Å²) in [6.07, 6.45) is 3.22. The van der Waals surface area contributed by atoms with Gasteiger partial charge in [-0.2, -0.15) is 0 Å². The predicted octanol–water partition coefficient (Wildman–Crippen LogP) is 5.88. The molecular weight excluding hydrogens is 447 g/mol. The average molecular weight is 479 g/mol. The molecule has 0 saturated carbocycles. The van der Waals surface area contributed by atoms with Crippen LogP contribution in [0.25, 0.3) is 0 Å². The lowest BCUT2D eigenvalue weighted by Gasteiger charge is -2.31. The second-order valence-corrected chi connectivity index (χ2v) is 8.43. The second kappa shape index (κ2) is 14.0. The molecule has 2 aromatic carbocycles. The molecule has 0 aliphatic carbocycles. The van der Waals surface area contributed by atoms with Crippen molar-refractivity contribution in [2.24, 2.45) is 0 Å². The van der Waals surface area contributed by atoms with E-state index in [0.29, 0.717) is 36.0 Å². The first-order valence-electron chi connectivity index (χ1n) is 11.1. The van der Waals surface area contributed by atoms with E-state index in [2.05, 4.69) is 12.2 Å². The molecule has 0 heterocycles. The lowest BCUT2D eigenvalue weighted by atomic mass is 10.1. The molecule has 5 nitrogen and oxygen atoms in total. The Kier molecular flexibility index (Phi) is 11.4. The molecule has 0 aliphatic heterocycles. The fourth-order valence-corrected chi connectivity index (χ4v) is 3.80. The van der Waals surface area contributed by atoms with E-state index >= 15 is 0 Å². The molecule has 1 atom stereocenters. The van der Waals surface area contributed by atoms with Gasteiger partial charge in [-0.25, -0.2) is 0 Å². The third kappa shape index (κ3) is 8.36. The molecule has 32 heavy (non-hydrogen) atoms. The summed E-state index contributed by atoms with van der Waals surface area (Å²) in [7, 11) is 0. The third-order valence-electron chi connectivity index (χ3n) is 5.12. The summed E-state index contributed by atoms with van der Waals surface area (Å²) in [5.74, 6) is 0.525. The number of amides is 2. The quantitative estimate of drug-likeness (QED) is 0.365. The van der Waals surface area contributed by atoms with Crippen LogP contribution in [0.4, 0.5) is 0 Å². The van der Waals surface area contributed by atoms with Crippen molar-refractivity contribution in [1.82, 2.24) is 10.2 Å². The van der Waals surface area contributed by atoms with Gasteiger partial charge in [-0.15, -0.1) is 0 Å². The van der Waals surface area contributed by atoms with Gasteiger partial charge in [0.1, 0.15) is 11.8 Å². The van der Waals surface area contributed by atoms with Crippen molar-refractivity contribution < 1.29 is 14.3 Å². The van der Waals surface area contributed by atoms with Crippen LogP contribution in [0.3, 0.4) is 0 Å². The molecule has 0 fully saturated rings. The zero-order valence-corrected chi connectivity index (χ0v) is 20.3. The molecule has 2 aromatic rings. The highest BCUT2D eigenvalue weighted by Gasteiger charge is 2.28. The van der Waals surface area contributed by atoms with E-state index in [-0.39, 0.29) is 24.8 Å². The highest BCUT2D eigenvalue weighted by atomic mass is 35.5. The minimum absolute atomic E-state index is 0.106. The number of unbranched alkanes of at least 4 members (excludes halogenated alkanes) is 1. The van der Waals surface area contributed by atoms with E-state index < -0.39 is 6.04 Å². The Labute approximate surface area is 201 Å². The predicted molar refractivity (Wildman–Crippen MR) is 130 cm³/mol. The molecule has 0 saturated heterocycles. The summed E-state index contributed by atoms with van der Waals surface area (Å²) < 4.78 is 5.70. The molecule has 2 amide bonds. The first-order chi connectivity index (χ1) is 15.5. The molecule has 0 spiro atoms. The summed E-state index contributed by atoms with van der Waals surface area (Å²) >= 11 is 12.4. The fraction of sp³-hybridized carbons (Fsp3) is 0.440. The van der Waals surface area contributed by atoms with Crippen LogP contribution >= 0.6 is 23.2 Å². The topological polar surface area (TPSA) is 58.6 Å². The SMILES string of the molecule is CCCCNC(=O)[C@H](CC)N(Cc1ccc(Cl)cc1Cl)C(=O)CCCOc1ccccc1. The number of nitrogens with zero attached hydrogens (tertiary/aromatic N) is 1. The highest BCUT2D eigenvalue weighted by Crippen LogP contribution is 2.24. The van der Waals surface area contributed by atoms with Crippen molar-refractivity contribution >= 4 is 35.0 Å². The maximum Gasteiger partial charge on any atom is 0.242 e. The van der Waals surface area contributed by atoms with Crippen molar-refractivity contribution in [2.45, 2.75) is 58.5 Å². The van der Waals surface area contributed by atoms with Crippen LogP contribution in [-0.4, -0.2) is 35.9 Å². The molecule has 0 bridgehead atoms. The van der Waals surface area contributed by atoms with Crippen LogP contribution in [0.15, 0.2) is 48.5 Å². The van der Waals surface area contributed by atoms with E-state index in [1.807, 2.05) is 37.3 Å². The van der Waals surface area contributed by atoms with Crippen molar-refractivity contribution in [3.8, 4) is 5.75 Å². The monoisotopic (exact) mass is 478 g/mol. The van der Waals surface area contributed by atoms with Crippen molar-refractivity contribution in [3.63, 3.8) is 0 Å². The van der Waals surface area contributed by atoms with Gasteiger partial charge in [-0.1, -0.05) is 67.7 Å². The number of hydrogen-bond acceptors (Lipinski definition) is 3. The van der Waals surface area contributed by atoms with E-state index in [0.717, 1.165) is 24.2 Å². The molecule has 7 heteroatoms. The van der Waals surface area contributed by atoms with Crippen LogP contribution in [0.5, 0.6) is 5.75 Å². The van der Waals surface area contributed by atoms with Crippen LogP contribution < -0.4 is 10.1 Å². The molecular formula is C25H32Cl2N2O3. The zero-order valence-electron chi connectivity index (χ0n) is 18.8. The van der Waals surface area contributed by atoms with Crippen LogP contribution in [0.1, 0.15) is 51.5 Å². The number of ether oxygens (including phenoxy) is 1. The van der Waals surface area contributed by atoms with E-state index in [9.17, 15) is 9.59 Å². The molecule has 0 aromatic heterocycles. The Morgan fingerprint density at radius 2 is 1.81 bits per heavy atom. The summed E-state index contributed by atoms with van der Waals surface area (Å²) in [5.41, 5.74) is 0.754. The van der Waals surface area contributed by atoms with Crippen molar-refractivity contribution in [3.05, 3.63) is 64.1 Å². The Morgan fingerprint density at radius 1 is 1.06 bits per heavy atom. The van der Waals surface area contributed by atoms with Gasteiger partial charge in [0.2, 0.25) is 11.8 Å². The van der Waals surface area contributed by atoms with Gasteiger partial charge in [-0.3, -0.25) is 9.59 Å². The molecule has 0 radical (unpaired) electrons. The third-order valence-corrected chi connectivity index (χ3v) is 5.71. The number of carbonyl (C=O) groups excluding carboxylic acids is 2. The lowest BCUT2D eigenvalue weighted by Crippen LogP contribution is -2.49. The van der Waals surface area contributed by atoms with E-state index in [1.165, 1.54) is 0 Å². The van der Waals surface area contributed by atoms with Crippen LogP contribution in [0, 0.1) is 0 Å². The number of benzene rings is 2. The van der Waals surface area contributed by atoms with E-state index in [4.69, 9.17) is 27.9 Å². The number of halogens is 2. The summed E-state index contributed by atoms with van der Waals surface area (Å²) in [4.78, 5) is 27.7.